The van der Waals surface area contributed by atoms with E-state index in [1.54, 1.807) is 18.2 Å². The van der Waals surface area contributed by atoms with Crippen molar-refractivity contribution < 1.29 is 19.1 Å². The van der Waals surface area contributed by atoms with Gasteiger partial charge in [-0.25, -0.2) is 0 Å². The highest BCUT2D eigenvalue weighted by Gasteiger charge is 2.11. The maximum atomic E-state index is 11.9. The van der Waals surface area contributed by atoms with Crippen LogP contribution in [0.3, 0.4) is 0 Å². The molecule has 0 unspecified atom stereocenters. The standard InChI is InChI=1S/C20H20BrClN2O4/c1-13-5-2-3-6-16(13)23-18(25)7-4-8-20(27)28-12-19(26)24-17-10-9-14(21)11-15(17)22/h2-3,5-6,9-11H,4,7-8,12H2,1H3,(H,23,25)(H,24,26). The molecule has 2 amide bonds. The van der Waals surface area contributed by atoms with Crippen LogP contribution >= 0.6 is 27.5 Å². The smallest absolute Gasteiger partial charge is 0.306 e. The Balaban J connectivity index is 1.66. The van der Waals surface area contributed by atoms with E-state index < -0.39 is 18.5 Å². The fraction of sp³-hybridized carbons (Fsp3) is 0.250. The average Bonchev–Trinajstić information content (AvgIpc) is 2.64. The molecule has 28 heavy (non-hydrogen) atoms. The Morgan fingerprint density at radius 2 is 1.71 bits per heavy atom. The molecule has 6 nitrogen and oxygen atoms in total. The van der Waals surface area contributed by atoms with E-state index in [0.717, 1.165) is 15.7 Å². The molecular weight excluding hydrogens is 448 g/mol. The molecule has 0 fully saturated rings. The summed E-state index contributed by atoms with van der Waals surface area (Å²) in [5.41, 5.74) is 2.14. The summed E-state index contributed by atoms with van der Waals surface area (Å²) in [5.74, 6) is -1.21. The van der Waals surface area contributed by atoms with Crippen molar-refractivity contribution in [1.82, 2.24) is 0 Å². The lowest BCUT2D eigenvalue weighted by Gasteiger charge is -2.09. The Hall–Kier alpha value is -2.38. The van der Waals surface area contributed by atoms with Gasteiger partial charge >= 0.3 is 5.97 Å². The molecule has 2 aromatic rings. The van der Waals surface area contributed by atoms with Crippen LogP contribution in [0.4, 0.5) is 11.4 Å². The van der Waals surface area contributed by atoms with Gasteiger partial charge in [0.2, 0.25) is 5.91 Å². The molecule has 0 atom stereocenters. The first-order valence-corrected chi connectivity index (χ1v) is 9.78. The zero-order valence-corrected chi connectivity index (χ0v) is 17.6. The van der Waals surface area contributed by atoms with Crippen LogP contribution in [0.25, 0.3) is 0 Å². The molecule has 2 N–H and O–H groups in total. The van der Waals surface area contributed by atoms with Crippen molar-refractivity contribution in [1.29, 1.82) is 0 Å². The quantitative estimate of drug-likeness (QED) is 0.551. The van der Waals surface area contributed by atoms with Gasteiger partial charge in [-0.1, -0.05) is 45.7 Å². The Labute approximate surface area is 176 Å². The summed E-state index contributed by atoms with van der Waals surface area (Å²) in [5, 5.41) is 5.74. The predicted octanol–water partition coefficient (Wildman–Crippen LogP) is 4.70. The Morgan fingerprint density at radius 3 is 2.43 bits per heavy atom. The maximum absolute atomic E-state index is 11.9. The van der Waals surface area contributed by atoms with Crippen molar-refractivity contribution in [3.63, 3.8) is 0 Å². The number of nitrogens with one attached hydrogen (secondary N) is 2. The van der Waals surface area contributed by atoms with E-state index >= 15 is 0 Å². The number of carbonyl (C=O) groups excluding carboxylic acids is 3. The summed E-state index contributed by atoms with van der Waals surface area (Å²) in [7, 11) is 0. The lowest BCUT2D eigenvalue weighted by Crippen LogP contribution is -2.21. The van der Waals surface area contributed by atoms with Gasteiger partial charge in [0.05, 0.1) is 10.7 Å². The first-order valence-electron chi connectivity index (χ1n) is 8.61. The molecule has 0 aromatic heterocycles. The summed E-state index contributed by atoms with van der Waals surface area (Å²) in [6.07, 6.45) is 0.564. The zero-order valence-electron chi connectivity index (χ0n) is 15.3. The van der Waals surface area contributed by atoms with Crippen molar-refractivity contribution in [3.05, 3.63) is 57.5 Å². The fourth-order valence-electron chi connectivity index (χ4n) is 2.31. The second-order valence-corrected chi connectivity index (χ2v) is 7.37. The predicted molar refractivity (Wildman–Crippen MR) is 112 cm³/mol. The molecule has 0 saturated carbocycles. The third kappa shape index (κ3) is 7.32. The molecule has 0 saturated heterocycles. The minimum absolute atomic E-state index is 0.0491. The number of carbonyl (C=O) groups is 3. The molecule has 0 radical (unpaired) electrons. The monoisotopic (exact) mass is 466 g/mol. The normalized spacial score (nSPS) is 10.2. The number of halogens is 2. The van der Waals surface area contributed by atoms with E-state index in [4.69, 9.17) is 16.3 Å². The first kappa shape index (κ1) is 21.9. The van der Waals surface area contributed by atoms with Crippen molar-refractivity contribution >= 4 is 56.7 Å². The molecule has 148 valence electrons. The van der Waals surface area contributed by atoms with Gasteiger partial charge in [-0.2, -0.15) is 0 Å². The van der Waals surface area contributed by atoms with Gasteiger partial charge in [-0.15, -0.1) is 0 Å². The van der Waals surface area contributed by atoms with Crippen molar-refractivity contribution in [3.8, 4) is 0 Å². The fourth-order valence-corrected chi connectivity index (χ4v) is 3.04. The van der Waals surface area contributed by atoms with Gasteiger partial charge in [-0.05, 0) is 43.2 Å². The van der Waals surface area contributed by atoms with Crippen molar-refractivity contribution in [2.45, 2.75) is 26.2 Å². The van der Waals surface area contributed by atoms with Crippen LogP contribution in [-0.4, -0.2) is 24.4 Å². The molecule has 2 rings (SSSR count). The summed E-state index contributed by atoms with van der Waals surface area (Å²) in [6, 6.07) is 12.5. The SMILES string of the molecule is Cc1ccccc1NC(=O)CCCC(=O)OCC(=O)Nc1ccc(Br)cc1Cl. The van der Waals surface area contributed by atoms with Crippen LogP contribution in [0, 0.1) is 6.92 Å². The lowest BCUT2D eigenvalue weighted by atomic mass is 10.2. The van der Waals surface area contributed by atoms with E-state index in [0.29, 0.717) is 17.1 Å². The molecule has 0 aliphatic heterocycles. The molecule has 0 bridgehead atoms. The third-order valence-electron chi connectivity index (χ3n) is 3.77. The van der Waals surface area contributed by atoms with Crippen LogP contribution < -0.4 is 10.6 Å². The summed E-state index contributed by atoms with van der Waals surface area (Å²) in [6.45, 7) is 1.49. The largest absolute Gasteiger partial charge is 0.456 e. The summed E-state index contributed by atoms with van der Waals surface area (Å²) >= 11 is 9.29. The Kier molecular flexibility index (Phi) is 8.47. The van der Waals surface area contributed by atoms with Gasteiger partial charge in [0.15, 0.2) is 6.61 Å². The molecule has 0 spiro atoms. The van der Waals surface area contributed by atoms with Crippen LogP contribution in [-0.2, 0) is 19.1 Å². The Morgan fingerprint density at radius 1 is 1.00 bits per heavy atom. The summed E-state index contributed by atoms with van der Waals surface area (Å²) in [4.78, 5) is 35.5. The second kappa shape index (κ2) is 10.8. The molecular formula is C20H20BrClN2O4. The van der Waals surface area contributed by atoms with Crippen molar-refractivity contribution in [2.75, 3.05) is 17.2 Å². The van der Waals surface area contributed by atoms with Gasteiger partial charge in [0, 0.05) is 23.0 Å². The molecule has 0 aliphatic rings. The van der Waals surface area contributed by atoms with Crippen LogP contribution in [0.15, 0.2) is 46.9 Å². The number of benzene rings is 2. The number of hydrogen-bond donors (Lipinski definition) is 2. The zero-order chi connectivity index (χ0) is 20.5. The van der Waals surface area contributed by atoms with E-state index in [-0.39, 0.29) is 18.7 Å². The van der Waals surface area contributed by atoms with Gasteiger partial charge < -0.3 is 15.4 Å². The number of anilines is 2. The number of esters is 1. The molecule has 2 aromatic carbocycles. The van der Waals surface area contributed by atoms with Crippen LogP contribution in [0.2, 0.25) is 5.02 Å². The van der Waals surface area contributed by atoms with E-state index in [2.05, 4.69) is 26.6 Å². The second-order valence-electron chi connectivity index (χ2n) is 6.05. The molecule has 0 heterocycles. The number of ether oxygens (including phenoxy) is 1. The number of rotatable bonds is 8. The number of amides is 2. The van der Waals surface area contributed by atoms with Gasteiger partial charge in [0.1, 0.15) is 0 Å². The van der Waals surface area contributed by atoms with E-state index in [1.165, 1.54) is 0 Å². The van der Waals surface area contributed by atoms with Crippen molar-refractivity contribution in [2.24, 2.45) is 0 Å². The first-order chi connectivity index (χ1) is 13.3. The minimum Gasteiger partial charge on any atom is -0.456 e. The molecule has 8 heteroatoms. The molecule has 0 aliphatic carbocycles. The van der Waals surface area contributed by atoms with Crippen LogP contribution in [0.1, 0.15) is 24.8 Å². The van der Waals surface area contributed by atoms with E-state index in [9.17, 15) is 14.4 Å². The highest BCUT2D eigenvalue weighted by molar-refractivity contribution is 9.10. The highest BCUT2D eigenvalue weighted by Crippen LogP contribution is 2.25. The number of para-hydroxylation sites is 1. The minimum atomic E-state index is -0.541. The average molecular weight is 468 g/mol. The highest BCUT2D eigenvalue weighted by atomic mass is 79.9. The van der Waals surface area contributed by atoms with Crippen LogP contribution in [0.5, 0.6) is 0 Å². The Bertz CT molecular complexity index is 873. The number of hydrogen-bond acceptors (Lipinski definition) is 4. The number of aryl methyl sites for hydroxylation is 1. The maximum Gasteiger partial charge on any atom is 0.306 e. The lowest BCUT2D eigenvalue weighted by molar-refractivity contribution is -0.147. The third-order valence-corrected chi connectivity index (χ3v) is 4.58. The topological polar surface area (TPSA) is 84.5 Å². The van der Waals surface area contributed by atoms with Gasteiger partial charge in [0.25, 0.3) is 5.91 Å². The van der Waals surface area contributed by atoms with E-state index in [1.807, 2.05) is 31.2 Å². The van der Waals surface area contributed by atoms with Gasteiger partial charge in [-0.3, -0.25) is 14.4 Å². The summed E-state index contributed by atoms with van der Waals surface area (Å²) < 4.78 is 5.71.